The molecule has 0 bridgehead atoms. The van der Waals surface area contributed by atoms with Gasteiger partial charge in [-0.1, -0.05) is 51.2 Å². The summed E-state index contributed by atoms with van der Waals surface area (Å²) in [5, 5.41) is 1.72. The van der Waals surface area contributed by atoms with E-state index in [9.17, 15) is 4.79 Å². The van der Waals surface area contributed by atoms with E-state index in [4.69, 9.17) is 4.42 Å². The molecule has 0 aliphatic heterocycles. The van der Waals surface area contributed by atoms with Crippen LogP contribution in [0.2, 0.25) is 0 Å². The minimum atomic E-state index is -0.202. The summed E-state index contributed by atoms with van der Waals surface area (Å²) in [7, 11) is 0. The minimum absolute atomic E-state index is 0.202. The average molecular weight is 272 g/mol. The Hall–Kier alpha value is -1.57. The first-order valence-electron chi connectivity index (χ1n) is 7.74. The molecule has 1 aromatic carbocycles. The van der Waals surface area contributed by atoms with Crippen molar-refractivity contribution in [3.05, 3.63) is 46.0 Å². The summed E-state index contributed by atoms with van der Waals surface area (Å²) in [6, 6.07) is 7.82. The molecular formula is C18H24O2. The average Bonchev–Trinajstić information content (AvgIpc) is 2.44. The fourth-order valence-electron chi connectivity index (χ4n) is 2.62. The predicted molar refractivity (Wildman–Crippen MR) is 84.3 cm³/mol. The van der Waals surface area contributed by atoms with Gasteiger partial charge in [-0.3, -0.25) is 0 Å². The maximum atomic E-state index is 12.0. The van der Waals surface area contributed by atoms with E-state index in [0.29, 0.717) is 5.39 Å². The van der Waals surface area contributed by atoms with Crippen molar-refractivity contribution in [1.29, 1.82) is 0 Å². The van der Waals surface area contributed by atoms with Gasteiger partial charge in [0, 0.05) is 6.42 Å². The Morgan fingerprint density at radius 2 is 1.75 bits per heavy atom. The van der Waals surface area contributed by atoms with E-state index >= 15 is 0 Å². The third-order valence-corrected chi connectivity index (χ3v) is 3.85. The van der Waals surface area contributed by atoms with E-state index in [1.54, 1.807) is 0 Å². The molecule has 0 saturated carbocycles. The van der Waals surface area contributed by atoms with E-state index in [1.807, 2.05) is 31.2 Å². The number of rotatable bonds is 7. The van der Waals surface area contributed by atoms with Crippen LogP contribution >= 0.6 is 0 Å². The number of fused-ring (bicyclic) bond motifs is 1. The van der Waals surface area contributed by atoms with Gasteiger partial charge in [0.1, 0.15) is 5.76 Å². The quantitative estimate of drug-likeness (QED) is 0.664. The van der Waals surface area contributed by atoms with Crippen LogP contribution in [0.25, 0.3) is 10.8 Å². The van der Waals surface area contributed by atoms with Crippen molar-refractivity contribution in [2.45, 2.75) is 58.8 Å². The SMILES string of the molecule is CCCCCCCCc1cc2c(C)cccc2c(=O)o1. The van der Waals surface area contributed by atoms with Gasteiger partial charge in [0.15, 0.2) is 0 Å². The zero-order valence-corrected chi connectivity index (χ0v) is 12.6. The first kappa shape index (κ1) is 14.8. The maximum Gasteiger partial charge on any atom is 0.343 e. The molecule has 0 fully saturated rings. The molecule has 0 saturated heterocycles. The van der Waals surface area contributed by atoms with Gasteiger partial charge < -0.3 is 4.42 Å². The summed E-state index contributed by atoms with van der Waals surface area (Å²) in [6.07, 6.45) is 8.39. The Bertz CT molecular complexity index is 610. The highest BCUT2D eigenvalue weighted by atomic mass is 16.4. The van der Waals surface area contributed by atoms with Crippen LogP contribution in [0.3, 0.4) is 0 Å². The third-order valence-electron chi connectivity index (χ3n) is 3.85. The van der Waals surface area contributed by atoms with Crippen LogP contribution in [-0.4, -0.2) is 0 Å². The Morgan fingerprint density at radius 1 is 1.00 bits per heavy atom. The molecule has 1 aromatic heterocycles. The summed E-state index contributed by atoms with van der Waals surface area (Å²) in [5.41, 5.74) is 0.937. The lowest BCUT2D eigenvalue weighted by Crippen LogP contribution is -2.03. The highest BCUT2D eigenvalue weighted by Crippen LogP contribution is 2.18. The van der Waals surface area contributed by atoms with Crippen molar-refractivity contribution in [3.8, 4) is 0 Å². The van der Waals surface area contributed by atoms with E-state index in [1.165, 1.54) is 32.1 Å². The summed E-state index contributed by atoms with van der Waals surface area (Å²) in [5.74, 6) is 0.826. The summed E-state index contributed by atoms with van der Waals surface area (Å²) in [4.78, 5) is 12.0. The Kier molecular flexibility index (Phi) is 5.40. The molecule has 1 heterocycles. The van der Waals surface area contributed by atoms with Crippen molar-refractivity contribution in [2.24, 2.45) is 0 Å². The Balaban J connectivity index is 2.01. The number of hydrogen-bond donors (Lipinski definition) is 0. The molecule has 2 aromatic rings. The first-order valence-corrected chi connectivity index (χ1v) is 7.74. The van der Waals surface area contributed by atoms with Gasteiger partial charge in [0.25, 0.3) is 0 Å². The van der Waals surface area contributed by atoms with Gasteiger partial charge in [-0.2, -0.15) is 0 Å². The van der Waals surface area contributed by atoms with E-state index in [2.05, 4.69) is 6.92 Å². The molecule has 0 aliphatic carbocycles. The molecule has 20 heavy (non-hydrogen) atoms. The Labute approximate surface area is 120 Å². The molecule has 2 rings (SSSR count). The van der Waals surface area contributed by atoms with Crippen molar-refractivity contribution < 1.29 is 4.42 Å². The zero-order chi connectivity index (χ0) is 14.4. The molecule has 0 aliphatic rings. The first-order chi connectivity index (χ1) is 9.72. The maximum absolute atomic E-state index is 12.0. The molecule has 0 radical (unpaired) electrons. The number of unbranched alkanes of at least 4 members (excludes halogenated alkanes) is 5. The fourth-order valence-corrected chi connectivity index (χ4v) is 2.62. The van der Waals surface area contributed by atoms with Crippen LogP contribution in [0.1, 0.15) is 56.8 Å². The predicted octanol–water partition coefficient (Wildman–Crippen LogP) is 5.00. The van der Waals surface area contributed by atoms with Crippen molar-refractivity contribution in [1.82, 2.24) is 0 Å². The molecule has 2 heteroatoms. The topological polar surface area (TPSA) is 30.2 Å². The van der Waals surface area contributed by atoms with Crippen molar-refractivity contribution in [3.63, 3.8) is 0 Å². The molecule has 0 spiro atoms. The van der Waals surface area contributed by atoms with Crippen LogP contribution in [0.15, 0.2) is 33.5 Å². The normalized spacial score (nSPS) is 11.1. The molecule has 2 nitrogen and oxygen atoms in total. The summed E-state index contributed by atoms with van der Waals surface area (Å²) >= 11 is 0. The second kappa shape index (κ2) is 7.28. The molecule has 0 atom stereocenters. The van der Waals surface area contributed by atoms with E-state index in [-0.39, 0.29) is 5.63 Å². The number of hydrogen-bond acceptors (Lipinski definition) is 2. The highest BCUT2D eigenvalue weighted by molar-refractivity contribution is 5.84. The highest BCUT2D eigenvalue weighted by Gasteiger charge is 2.06. The largest absolute Gasteiger partial charge is 0.427 e. The lowest BCUT2D eigenvalue weighted by Gasteiger charge is -2.04. The van der Waals surface area contributed by atoms with Gasteiger partial charge >= 0.3 is 5.63 Å². The van der Waals surface area contributed by atoms with Crippen molar-refractivity contribution in [2.75, 3.05) is 0 Å². The lowest BCUT2D eigenvalue weighted by atomic mass is 10.0. The molecular weight excluding hydrogens is 248 g/mol. The Morgan fingerprint density at radius 3 is 2.55 bits per heavy atom. The van der Waals surface area contributed by atoms with Crippen molar-refractivity contribution >= 4 is 10.8 Å². The number of aryl methyl sites for hydroxylation is 2. The van der Waals surface area contributed by atoms with Gasteiger partial charge in [-0.05, 0) is 36.4 Å². The summed E-state index contributed by atoms with van der Waals surface area (Å²) < 4.78 is 5.42. The van der Waals surface area contributed by atoms with Crippen LogP contribution in [0.5, 0.6) is 0 Å². The second-order valence-electron chi connectivity index (χ2n) is 5.55. The van der Waals surface area contributed by atoms with Crippen LogP contribution in [0.4, 0.5) is 0 Å². The zero-order valence-electron chi connectivity index (χ0n) is 12.6. The number of benzene rings is 1. The van der Waals surface area contributed by atoms with Gasteiger partial charge in [-0.15, -0.1) is 0 Å². The lowest BCUT2D eigenvalue weighted by molar-refractivity contribution is 0.455. The smallest absolute Gasteiger partial charge is 0.343 e. The molecule has 108 valence electrons. The van der Waals surface area contributed by atoms with E-state index in [0.717, 1.165) is 29.6 Å². The van der Waals surface area contributed by atoms with E-state index < -0.39 is 0 Å². The fraction of sp³-hybridized carbons (Fsp3) is 0.500. The molecule has 0 N–H and O–H groups in total. The van der Waals surface area contributed by atoms with Crippen LogP contribution in [-0.2, 0) is 6.42 Å². The van der Waals surface area contributed by atoms with Gasteiger partial charge in [0.05, 0.1) is 5.39 Å². The second-order valence-corrected chi connectivity index (χ2v) is 5.55. The van der Waals surface area contributed by atoms with Gasteiger partial charge in [0.2, 0.25) is 0 Å². The molecule has 0 unspecified atom stereocenters. The summed E-state index contributed by atoms with van der Waals surface area (Å²) in [6.45, 7) is 4.27. The van der Waals surface area contributed by atoms with Gasteiger partial charge in [-0.25, -0.2) is 4.79 Å². The monoisotopic (exact) mass is 272 g/mol. The van der Waals surface area contributed by atoms with Crippen LogP contribution in [0, 0.1) is 6.92 Å². The van der Waals surface area contributed by atoms with Crippen LogP contribution < -0.4 is 5.63 Å². The minimum Gasteiger partial charge on any atom is -0.427 e. The molecule has 0 amide bonds. The standard InChI is InChI=1S/C18H24O2/c1-3-4-5-6-7-8-11-15-13-17-14(2)10-9-12-16(17)18(19)20-15/h9-10,12-13H,3-8,11H2,1-2H3. The third kappa shape index (κ3) is 3.72.